The van der Waals surface area contributed by atoms with E-state index in [1.807, 2.05) is 47.4 Å². The average molecular weight is 510 g/mol. The molecule has 156 valence electrons. The molecule has 0 aliphatic carbocycles. The number of rotatable bonds is 4. The van der Waals surface area contributed by atoms with Gasteiger partial charge in [-0.15, -0.1) is 22.7 Å². The van der Waals surface area contributed by atoms with Crippen LogP contribution in [0.25, 0.3) is 21.8 Å². The molecule has 4 aromatic rings. The van der Waals surface area contributed by atoms with Gasteiger partial charge in [0.05, 0.1) is 26.1 Å². The summed E-state index contributed by atoms with van der Waals surface area (Å²) < 4.78 is 1.06. The number of piperidine rings is 1. The van der Waals surface area contributed by atoms with E-state index in [1.54, 1.807) is 17.5 Å². The summed E-state index contributed by atoms with van der Waals surface area (Å²) in [5.74, 6) is 0.543. The number of likely N-dealkylation sites (tertiary alicyclic amines) is 1. The second-order valence-corrected chi connectivity index (χ2v) is 10.4. The maximum absolute atomic E-state index is 13.0. The molecule has 1 amide bonds. The Kier molecular flexibility index (Phi) is 5.98. The third kappa shape index (κ3) is 4.49. The molecule has 0 bridgehead atoms. The van der Waals surface area contributed by atoms with E-state index in [0.717, 1.165) is 57.1 Å². The molecule has 0 atom stereocenters. The largest absolute Gasteiger partial charge is 0.338 e. The van der Waals surface area contributed by atoms with Gasteiger partial charge in [0, 0.05) is 40.6 Å². The first-order chi connectivity index (χ1) is 15.2. The van der Waals surface area contributed by atoms with Crippen molar-refractivity contribution in [1.29, 1.82) is 0 Å². The highest BCUT2D eigenvalue weighted by molar-refractivity contribution is 9.10. The lowest BCUT2D eigenvalue weighted by Gasteiger charge is -2.30. The molecule has 7 heteroatoms. The Hall–Kier alpha value is -2.35. The highest BCUT2D eigenvalue weighted by atomic mass is 79.9. The normalized spacial score (nSPS) is 14.7. The van der Waals surface area contributed by atoms with Gasteiger partial charge in [0.2, 0.25) is 0 Å². The van der Waals surface area contributed by atoms with Gasteiger partial charge in [-0.25, -0.2) is 4.98 Å². The predicted molar refractivity (Wildman–Crippen MR) is 131 cm³/mol. The van der Waals surface area contributed by atoms with Gasteiger partial charge in [0.1, 0.15) is 0 Å². The van der Waals surface area contributed by atoms with Crippen LogP contribution in [0.15, 0.2) is 70.6 Å². The van der Waals surface area contributed by atoms with Crippen LogP contribution in [-0.2, 0) is 0 Å². The van der Waals surface area contributed by atoms with Gasteiger partial charge < -0.3 is 4.90 Å². The molecule has 0 unspecified atom stereocenters. The molecule has 1 aromatic carbocycles. The molecule has 0 spiro atoms. The molecule has 0 saturated carbocycles. The summed E-state index contributed by atoms with van der Waals surface area (Å²) in [6.45, 7) is 1.54. The molecular formula is C24H20BrN3OS2. The minimum atomic E-state index is 0.125. The van der Waals surface area contributed by atoms with Crippen molar-refractivity contribution < 1.29 is 4.79 Å². The fourth-order valence-corrected chi connectivity index (χ4v) is 6.19. The number of amides is 1. The molecule has 0 N–H and O–H groups in total. The monoisotopic (exact) mass is 509 g/mol. The van der Waals surface area contributed by atoms with Gasteiger partial charge in [0.25, 0.3) is 5.91 Å². The predicted octanol–water partition coefficient (Wildman–Crippen LogP) is 6.72. The average Bonchev–Trinajstić information content (AvgIpc) is 3.50. The van der Waals surface area contributed by atoms with Gasteiger partial charge in [-0.2, -0.15) is 0 Å². The second kappa shape index (κ2) is 9.02. The zero-order valence-corrected chi connectivity index (χ0v) is 19.9. The van der Waals surface area contributed by atoms with Crippen molar-refractivity contribution in [3.05, 3.63) is 80.5 Å². The Morgan fingerprint density at radius 2 is 1.90 bits per heavy atom. The third-order valence-corrected chi connectivity index (χ3v) is 8.10. The molecule has 1 fully saturated rings. The first-order valence-corrected chi connectivity index (χ1v) is 12.7. The van der Waals surface area contributed by atoms with Crippen molar-refractivity contribution in [2.45, 2.75) is 18.8 Å². The molecule has 31 heavy (non-hydrogen) atoms. The summed E-state index contributed by atoms with van der Waals surface area (Å²) in [7, 11) is 0. The molecule has 3 aromatic heterocycles. The third-order valence-electron chi connectivity index (χ3n) is 5.51. The topological polar surface area (TPSA) is 46.1 Å². The Morgan fingerprint density at radius 3 is 2.68 bits per heavy atom. The molecule has 1 saturated heterocycles. The lowest BCUT2D eigenvalue weighted by atomic mass is 9.97. The van der Waals surface area contributed by atoms with Crippen LogP contribution in [-0.4, -0.2) is 33.9 Å². The summed E-state index contributed by atoms with van der Waals surface area (Å²) in [5.41, 5.74) is 3.07. The van der Waals surface area contributed by atoms with Crippen molar-refractivity contribution in [2.75, 3.05) is 13.1 Å². The zero-order valence-electron chi connectivity index (χ0n) is 16.7. The van der Waals surface area contributed by atoms with Crippen LogP contribution >= 0.6 is 38.6 Å². The fourth-order valence-electron chi connectivity index (χ4n) is 3.84. The van der Waals surface area contributed by atoms with Crippen LogP contribution in [0.1, 0.15) is 33.4 Å². The number of pyridine rings is 1. The Morgan fingerprint density at radius 1 is 1.03 bits per heavy atom. The van der Waals surface area contributed by atoms with Crippen LogP contribution < -0.4 is 0 Å². The second-order valence-electron chi connectivity index (χ2n) is 7.53. The van der Waals surface area contributed by atoms with Crippen LogP contribution in [0.5, 0.6) is 0 Å². The van der Waals surface area contributed by atoms with Crippen molar-refractivity contribution in [2.24, 2.45) is 0 Å². The maximum atomic E-state index is 13.0. The Balaban J connectivity index is 1.23. The van der Waals surface area contributed by atoms with Crippen molar-refractivity contribution >= 4 is 44.5 Å². The zero-order chi connectivity index (χ0) is 21.2. The molecule has 0 radical (unpaired) electrons. The van der Waals surface area contributed by atoms with Crippen molar-refractivity contribution in [1.82, 2.24) is 14.9 Å². The maximum Gasteiger partial charge on any atom is 0.263 e. The van der Waals surface area contributed by atoms with E-state index in [-0.39, 0.29) is 5.91 Å². The highest BCUT2D eigenvalue weighted by Gasteiger charge is 2.27. The summed E-state index contributed by atoms with van der Waals surface area (Å²) >= 11 is 6.78. The van der Waals surface area contributed by atoms with Gasteiger partial charge in [-0.1, -0.05) is 34.1 Å². The number of thiazole rings is 1. The number of benzene rings is 1. The lowest BCUT2D eigenvalue weighted by Crippen LogP contribution is -2.37. The Labute approximate surface area is 197 Å². The molecule has 1 aliphatic heterocycles. The number of nitrogens with zero attached hydrogens (tertiary/aromatic N) is 3. The molecule has 1 aliphatic rings. The van der Waals surface area contributed by atoms with Crippen LogP contribution in [0.3, 0.4) is 0 Å². The van der Waals surface area contributed by atoms with Crippen molar-refractivity contribution in [3.63, 3.8) is 0 Å². The van der Waals surface area contributed by atoms with Gasteiger partial charge in [-0.3, -0.25) is 9.78 Å². The van der Waals surface area contributed by atoms with Gasteiger partial charge in [0.15, 0.2) is 0 Å². The smallest absolute Gasteiger partial charge is 0.263 e. The summed E-state index contributed by atoms with van der Waals surface area (Å²) in [6, 6.07) is 18.0. The lowest BCUT2D eigenvalue weighted by molar-refractivity contribution is 0.0718. The molecular weight excluding hydrogens is 490 g/mol. The number of hydrogen-bond donors (Lipinski definition) is 0. The first kappa shape index (κ1) is 20.5. The molecule has 4 nitrogen and oxygen atoms in total. The quantitative estimate of drug-likeness (QED) is 0.306. The van der Waals surface area contributed by atoms with Crippen LogP contribution in [0.2, 0.25) is 0 Å². The number of halogens is 1. The number of carbonyl (C=O) groups excluding carboxylic acids is 1. The summed E-state index contributed by atoms with van der Waals surface area (Å²) in [4.78, 5) is 26.1. The van der Waals surface area contributed by atoms with E-state index < -0.39 is 0 Å². The number of hydrogen-bond acceptors (Lipinski definition) is 5. The van der Waals surface area contributed by atoms with Gasteiger partial charge in [-0.05, 0) is 49.2 Å². The first-order valence-electron chi connectivity index (χ1n) is 10.2. The minimum absolute atomic E-state index is 0.125. The van der Waals surface area contributed by atoms with E-state index in [1.165, 1.54) is 16.3 Å². The molecule has 4 heterocycles. The van der Waals surface area contributed by atoms with Crippen molar-refractivity contribution in [3.8, 4) is 21.8 Å². The van der Waals surface area contributed by atoms with Crippen LogP contribution in [0.4, 0.5) is 0 Å². The van der Waals surface area contributed by atoms with E-state index in [4.69, 9.17) is 4.98 Å². The fraction of sp³-hybridized carbons (Fsp3) is 0.208. The molecule has 5 rings (SSSR count). The summed E-state index contributed by atoms with van der Waals surface area (Å²) in [6.07, 6.45) is 3.69. The van der Waals surface area contributed by atoms with Gasteiger partial charge >= 0.3 is 0 Å². The minimum Gasteiger partial charge on any atom is -0.338 e. The van der Waals surface area contributed by atoms with Crippen LogP contribution in [0, 0.1) is 0 Å². The van der Waals surface area contributed by atoms with E-state index in [2.05, 4.69) is 38.4 Å². The standard InChI is InChI=1S/C24H20BrN3OS2/c25-18-5-3-4-17(14-18)20-15-30-23(27-20)16-9-12-28(13-10-16)24(29)22-8-7-21(31-22)19-6-1-2-11-26-19/h1-8,11,14-16H,9-10,12-13H2. The number of thiophene rings is 1. The Bertz CT molecular complexity index is 1200. The van der Waals surface area contributed by atoms with E-state index in [0.29, 0.717) is 5.92 Å². The SMILES string of the molecule is O=C(c1ccc(-c2ccccn2)s1)N1CCC(c2nc(-c3cccc(Br)c3)cs2)CC1. The number of aromatic nitrogens is 2. The van der Waals surface area contributed by atoms with E-state index in [9.17, 15) is 4.79 Å². The van der Waals surface area contributed by atoms with E-state index >= 15 is 0 Å². The summed E-state index contributed by atoms with van der Waals surface area (Å²) in [5, 5.41) is 3.31. The highest BCUT2D eigenvalue weighted by Crippen LogP contribution is 2.34. The number of carbonyl (C=O) groups is 1.